The fourth-order valence-electron chi connectivity index (χ4n) is 4.52. The number of nitrogens with one attached hydrogen (secondary N) is 1. The lowest BCUT2D eigenvalue weighted by atomic mass is 9.89. The summed E-state index contributed by atoms with van der Waals surface area (Å²) in [5.41, 5.74) is 3.88. The molecule has 0 radical (unpaired) electrons. The molecule has 2 amide bonds. The Morgan fingerprint density at radius 3 is 2.27 bits per heavy atom. The predicted octanol–water partition coefficient (Wildman–Crippen LogP) is 3.45. The van der Waals surface area contributed by atoms with E-state index in [1.165, 1.54) is 48.2 Å². The zero-order valence-corrected chi connectivity index (χ0v) is 18.8. The summed E-state index contributed by atoms with van der Waals surface area (Å²) in [7, 11) is 0. The Morgan fingerprint density at radius 2 is 1.55 bits per heavy atom. The Kier molecular flexibility index (Phi) is 7.50. The van der Waals surface area contributed by atoms with Crippen LogP contribution in [0.5, 0.6) is 0 Å². The molecule has 0 unspecified atom stereocenters. The smallest absolute Gasteiger partial charge is 0.238 e. The van der Waals surface area contributed by atoms with E-state index >= 15 is 0 Å². The maximum absolute atomic E-state index is 13.0. The SMILES string of the molecule is O=C(CN1CCN(C(=O)CCC(=O)c2ccc3c(c2)CCCC3)CC1)Nc1ccc(F)cc1. The van der Waals surface area contributed by atoms with E-state index < -0.39 is 0 Å². The maximum atomic E-state index is 13.0. The molecule has 0 bridgehead atoms. The van der Waals surface area contributed by atoms with Crippen LogP contribution in [0, 0.1) is 5.82 Å². The monoisotopic (exact) mass is 451 g/mol. The van der Waals surface area contributed by atoms with Gasteiger partial charge in [0.2, 0.25) is 11.8 Å². The number of rotatable bonds is 7. The summed E-state index contributed by atoms with van der Waals surface area (Å²) in [5, 5.41) is 2.75. The first-order chi connectivity index (χ1) is 16.0. The van der Waals surface area contributed by atoms with Crippen LogP contribution in [0.1, 0.15) is 47.2 Å². The molecular weight excluding hydrogens is 421 g/mol. The zero-order chi connectivity index (χ0) is 23.2. The van der Waals surface area contributed by atoms with Crippen molar-refractivity contribution in [3.05, 3.63) is 65.0 Å². The second kappa shape index (κ2) is 10.7. The topological polar surface area (TPSA) is 69.7 Å². The van der Waals surface area contributed by atoms with E-state index in [0.717, 1.165) is 12.8 Å². The van der Waals surface area contributed by atoms with Crippen LogP contribution in [0.3, 0.4) is 0 Å². The van der Waals surface area contributed by atoms with Gasteiger partial charge in [-0.1, -0.05) is 12.1 Å². The molecule has 33 heavy (non-hydrogen) atoms. The number of carbonyl (C=O) groups excluding carboxylic acids is 3. The van der Waals surface area contributed by atoms with Crippen LogP contribution in [0.2, 0.25) is 0 Å². The first kappa shape index (κ1) is 23.1. The number of Topliss-reactive ketones (excluding diaryl/α,β-unsaturated/α-hetero) is 1. The molecule has 2 aliphatic rings. The van der Waals surface area contributed by atoms with Crippen LogP contribution in [-0.4, -0.2) is 60.1 Å². The van der Waals surface area contributed by atoms with E-state index in [-0.39, 0.29) is 42.8 Å². The number of ketones is 1. The lowest BCUT2D eigenvalue weighted by molar-refractivity contribution is -0.133. The van der Waals surface area contributed by atoms with Crippen molar-refractivity contribution in [3.8, 4) is 0 Å². The minimum absolute atomic E-state index is 0.0169. The van der Waals surface area contributed by atoms with E-state index in [0.29, 0.717) is 37.4 Å². The number of halogens is 1. The van der Waals surface area contributed by atoms with Crippen molar-refractivity contribution in [2.24, 2.45) is 0 Å². The molecule has 2 aromatic rings. The molecule has 0 spiro atoms. The van der Waals surface area contributed by atoms with Crippen LogP contribution in [0.25, 0.3) is 0 Å². The molecule has 0 atom stereocenters. The molecule has 0 saturated carbocycles. The van der Waals surface area contributed by atoms with Crippen LogP contribution in [-0.2, 0) is 22.4 Å². The number of aryl methyl sites for hydroxylation is 2. The van der Waals surface area contributed by atoms with Crippen LogP contribution in [0.15, 0.2) is 42.5 Å². The van der Waals surface area contributed by atoms with Crippen LogP contribution in [0.4, 0.5) is 10.1 Å². The standard InChI is InChI=1S/C26H30FN3O3/c27-22-7-9-23(10-8-22)28-25(32)18-29-13-15-30(16-14-29)26(33)12-11-24(31)21-6-5-19-3-1-2-4-20(19)17-21/h5-10,17H,1-4,11-16,18H2,(H,28,32). The summed E-state index contributed by atoms with van der Waals surface area (Å²) < 4.78 is 13.0. The highest BCUT2D eigenvalue weighted by Gasteiger charge is 2.23. The first-order valence-corrected chi connectivity index (χ1v) is 11.7. The van der Waals surface area contributed by atoms with Gasteiger partial charge in [0.25, 0.3) is 0 Å². The number of nitrogens with zero attached hydrogens (tertiary/aromatic N) is 2. The van der Waals surface area contributed by atoms with E-state index in [1.807, 2.05) is 17.0 Å². The Hall–Kier alpha value is -3.06. The normalized spacial score (nSPS) is 16.2. The number of hydrogen-bond donors (Lipinski definition) is 1. The zero-order valence-electron chi connectivity index (χ0n) is 18.8. The Morgan fingerprint density at radius 1 is 0.848 bits per heavy atom. The van der Waals surface area contributed by atoms with Crippen molar-refractivity contribution in [1.29, 1.82) is 0 Å². The number of piperazine rings is 1. The highest BCUT2D eigenvalue weighted by molar-refractivity contribution is 5.98. The van der Waals surface area contributed by atoms with E-state index in [2.05, 4.69) is 11.4 Å². The van der Waals surface area contributed by atoms with Crippen molar-refractivity contribution in [2.45, 2.75) is 38.5 Å². The molecule has 1 saturated heterocycles. The molecule has 174 valence electrons. The molecule has 6 nitrogen and oxygen atoms in total. The van der Waals surface area contributed by atoms with Crippen LogP contribution < -0.4 is 5.32 Å². The van der Waals surface area contributed by atoms with E-state index in [4.69, 9.17) is 0 Å². The molecule has 1 fully saturated rings. The summed E-state index contributed by atoms with van der Waals surface area (Å²) in [4.78, 5) is 41.2. The van der Waals surface area contributed by atoms with Gasteiger partial charge in [-0.2, -0.15) is 0 Å². The molecule has 4 rings (SSSR count). The van der Waals surface area contributed by atoms with Gasteiger partial charge in [-0.25, -0.2) is 4.39 Å². The summed E-state index contributed by atoms with van der Waals surface area (Å²) in [6.07, 6.45) is 4.92. The Bertz CT molecular complexity index is 1010. The number of hydrogen-bond acceptors (Lipinski definition) is 4. The number of anilines is 1. The van der Waals surface area contributed by atoms with Gasteiger partial charge in [0.1, 0.15) is 5.82 Å². The van der Waals surface area contributed by atoms with Crippen molar-refractivity contribution < 1.29 is 18.8 Å². The highest BCUT2D eigenvalue weighted by atomic mass is 19.1. The minimum atomic E-state index is -0.349. The van der Waals surface area contributed by atoms with Crippen molar-refractivity contribution in [1.82, 2.24) is 9.80 Å². The second-order valence-electron chi connectivity index (χ2n) is 8.83. The van der Waals surface area contributed by atoms with Gasteiger partial charge in [0.05, 0.1) is 6.54 Å². The third kappa shape index (κ3) is 6.26. The van der Waals surface area contributed by atoms with Crippen molar-refractivity contribution >= 4 is 23.3 Å². The van der Waals surface area contributed by atoms with Crippen molar-refractivity contribution in [2.75, 3.05) is 38.0 Å². The van der Waals surface area contributed by atoms with Gasteiger partial charge in [-0.05, 0) is 67.1 Å². The molecule has 1 aliphatic carbocycles. The largest absolute Gasteiger partial charge is 0.340 e. The molecule has 1 aliphatic heterocycles. The van der Waals surface area contributed by atoms with Crippen molar-refractivity contribution in [3.63, 3.8) is 0 Å². The Labute approximate surface area is 193 Å². The average Bonchev–Trinajstić information content (AvgIpc) is 2.84. The van der Waals surface area contributed by atoms with Gasteiger partial charge in [-0.15, -0.1) is 0 Å². The summed E-state index contributed by atoms with van der Waals surface area (Å²) in [5.74, 6) is -0.514. The molecule has 2 aromatic carbocycles. The quantitative estimate of drug-likeness (QED) is 0.655. The second-order valence-corrected chi connectivity index (χ2v) is 8.83. The maximum Gasteiger partial charge on any atom is 0.238 e. The molecule has 0 aromatic heterocycles. The lowest BCUT2D eigenvalue weighted by Crippen LogP contribution is -2.50. The summed E-state index contributed by atoms with van der Waals surface area (Å²) in [6.45, 7) is 2.49. The molecule has 1 heterocycles. The number of fused-ring (bicyclic) bond motifs is 1. The minimum Gasteiger partial charge on any atom is -0.340 e. The predicted molar refractivity (Wildman–Crippen MR) is 125 cm³/mol. The molecule has 7 heteroatoms. The highest BCUT2D eigenvalue weighted by Crippen LogP contribution is 2.23. The number of carbonyl (C=O) groups is 3. The molecular formula is C26H30FN3O3. The lowest BCUT2D eigenvalue weighted by Gasteiger charge is -2.34. The fraction of sp³-hybridized carbons (Fsp3) is 0.423. The number of benzene rings is 2. The van der Waals surface area contributed by atoms with Gasteiger partial charge < -0.3 is 10.2 Å². The Balaban J connectivity index is 1.19. The molecule has 1 N–H and O–H groups in total. The third-order valence-corrected chi connectivity index (χ3v) is 6.46. The van der Waals surface area contributed by atoms with E-state index in [9.17, 15) is 18.8 Å². The van der Waals surface area contributed by atoms with Gasteiger partial charge >= 0.3 is 0 Å². The summed E-state index contributed by atoms with van der Waals surface area (Å²) >= 11 is 0. The van der Waals surface area contributed by atoms with Gasteiger partial charge in [-0.3, -0.25) is 19.3 Å². The van der Waals surface area contributed by atoms with E-state index in [1.54, 1.807) is 4.90 Å². The van der Waals surface area contributed by atoms with Crippen LogP contribution >= 0.6 is 0 Å². The van der Waals surface area contributed by atoms with Gasteiger partial charge in [0, 0.05) is 50.3 Å². The first-order valence-electron chi connectivity index (χ1n) is 11.7. The van der Waals surface area contributed by atoms with Gasteiger partial charge in [0.15, 0.2) is 5.78 Å². The number of amides is 2. The average molecular weight is 452 g/mol. The summed E-state index contributed by atoms with van der Waals surface area (Å²) in [6, 6.07) is 11.6. The third-order valence-electron chi connectivity index (χ3n) is 6.46. The fourth-order valence-corrected chi connectivity index (χ4v) is 4.52.